The van der Waals surface area contributed by atoms with Crippen molar-refractivity contribution in [3.8, 4) is 0 Å². The maximum atomic E-state index is 12.6. The first-order valence-corrected chi connectivity index (χ1v) is 8.30. The number of nitrogens with one attached hydrogen (secondary N) is 1. The molecule has 128 valence electrons. The molecule has 1 aromatic carbocycles. The van der Waals surface area contributed by atoms with Crippen molar-refractivity contribution in [2.45, 2.75) is 44.6 Å². The van der Waals surface area contributed by atoms with Crippen molar-refractivity contribution in [2.24, 2.45) is 13.0 Å². The van der Waals surface area contributed by atoms with E-state index in [-0.39, 0.29) is 5.91 Å². The third kappa shape index (κ3) is 2.86. The van der Waals surface area contributed by atoms with Gasteiger partial charge in [-0.15, -0.1) is 5.10 Å². The van der Waals surface area contributed by atoms with Crippen LogP contribution >= 0.6 is 0 Å². The van der Waals surface area contributed by atoms with Gasteiger partial charge in [0.25, 0.3) is 5.91 Å². The minimum absolute atomic E-state index is 0.375. The number of carbonyl (C=O) groups excluding carboxylic acids is 1. The third-order valence-corrected chi connectivity index (χ3v) is 5.17. The molecular weight excluding hydrogens is 308 g/mol. The van der Waals surface area contributed by atoms with Gasteiger partial charge in [0.05, 0.1) is 5.52 Å². The number of carboxylic acid groups (broad SMARTS) is 1. The number of carbonyl (C=O) groups is 2. The Bertz CT molecular complexity index is 775. The molecule has 24 heavy (non-hydrogen) atoms. The summed E-state index contributed by atoms with van der Waals surface area (Å²) in [4.78, 5) is 24.4. The molecule has 0 spiro atoms. The Balaban J connectivity index is 1.81. The molecule has 1 heterocycles. The summed E-state index contributed by atoms with van der Waals surface area (Å²) >= 11 is 0. The van der Waals surface area contributed by atoms with Crippen LogP contribution in [-0.2, 0) is 11.8 Å². The maximum absolute atomic E-state index is 12.6. The molecule has 7 nitrogen and oxygen atoms in total. The highest BCUT2D eigenvalue weighted by molar-refractivity contribution is 6.00. The SMILES string of the molecule is CCC1CCC(NC(=O)c2ccc3c(c2)nnn3C)(C(=O)O)CC1. The van der Waals surface area contributed by atoms with Gasteiger partial charge >= 0.3 is 5.97 Å². The highest BCUT2D eigenvalue weighted by atomic mass is 16.4. The molecule has 0 saturated heterocycles. The third-order valence-electron chi connectivity index (χ3n) is 5.17. The lowest BCUT2D eigenvalue weighted by Crippen LogP contribution is -2.56. The largest absolute Gasteiger partial charge is 0.480 e. The highest BCUT2D eigenvalue weighted by Gasteiger charge is 2.43. The number of amides is 1. The fourth-order valence-corrected chi connectivity index (χ4v) is 3.44. The Morgan fingerprint density at radius 2 is 2.08 bits per heavy atom. The van der Waals surface area contributed by atoms with E-state index in [2.05, 4.69) is 22.6 Å². The fourth-order valence-electron chi connectivity index (χ4n) is 3.44. The van der Waals surface area contributed by atoms with Crippen molar-refractivity contribution in [3.63, 3.8) is 0 Å². The second-order valence-electron chi connectivity index (χ2n) is 6.61. The van der Waals surface area contributed by atoms with Gasteiger partial charge in [-0.05, 0) is 49.8 Å². The average molecular weight is 330 g/mol. The molecule has 3 rings (SSSR count). The van der Waals surface area contributed by atoms with Crippen molar-refractivity contribution in [1.82, 2.24) is 20.3 Å². The van der Waals surface area contributed by atoms with Crippen LogP contribution < -0.4 is 5.32 Å². The van der Waals surface area contributed by atoms with Crippen molar-refractivity contribution in [2.75, 3.05) is 0 Å². The van der Waals surface area contributed by atoms with Crippen LogP contribution in [-0.4, -0.2) is 37.5 Å². The number of nitrogens with zero attached hydrogens (tertiary/aromatic N) is 3. The first-order valence-electron chi connectivity index (χ1n) is 8.30. The van der Waals surface area contributed by atoms with Crippen LogP contribution in [0.15, 0.2) is 18.2 Å². The van der Waals surface area contributed by atoms with Crippen LogP contribution in [0.5, 0.6) is 0 Å². The van der Waals surface area contributed by atoms with Crippen molar-refractivity contribution in [1.29, 1.82) is 0 Å². The topological polar surface area (TPSA) is 97.1 Å². The molecule has 7 heteroatoms. The summed E-state index contributed by atoms with van der Waals surface area (Å²) in [5, 5.41) is 20.4. The molecule has 1 aliphatic carbocycles. The summed E-state index contributed by atoms with van der Waals surface area (Å²) in [6, 6.07) is 5.09. The number of benzene rings is 1. The van der Waals surface area contributed by atoms with Crippen molar-refractivity contribution in [3.05, 3.63) is 23.8 Å². The molecule has 0 aliphatic heterocycles. The van der Waals surface area contributed by atoms with E-state index in [0.717, 1.165) is 24.8 Å². The number of rotatable bonds is 4. The lowest BCUT2D eigenvalue weighted by Gasteiger charge is -2.37. The Morgan fingerprint density at radius 1 is 1.38 bits per heavy atom. The van der Waals surface area contributed by atoms with Crippen molar-refractivity contribution < 1.29 is 14.7 Å². The Kier molecular flexibility index (Phi) is 4.26. The lowest BCUT2D eigenvalue weighted by atomic mass is 9.75. The average Bonchev–Trinajstić information content (AvgIpc) is 2.96. The predicted octanol–water partition coefficient (Wildman–Crippen LogP) is 2.12. The van der Waals surface area contributed by atoms with Gasteiger partial charge in [-0.1, -0.05) is 18.6 Å². The standard InChI is InChI=1S/C17H22N4O3/c1-3-11-6-8-17(9-7-11,16(23)24)18-15(22)12-4-5-14-13(10-12)19-20-21(14)2/h4-5,10-11H,3,6-9H2,1-2H3,(H,18,22)(H,23,24). The summed E-state index contributed by atoms with van der Waals surface area (Å²) in [6.07, 6.45) is 3.64. The summed E-state index contributed by atoms with van der Waals surface area (Å²) in [6.45, 7) is 2.12. The number of carboxylic acids is 1. The lowest BCUT2D eigenvalue weighted by molar-refractivity contribution is -0.146. The molecule has 0 unspecified atom stereocenters. The molecule has 0 atom stereocenters. The van der Waals surface area contributed by atoms with Gasteiger partial charge in [0, 0.05) is 12.6 Å². The first kappa shape index (κ1) is 16.4. The van der Waals surface area contributed by atoms with Gasteiger partial charge in [0.2, 0.25) is 0 Å². The quantitative estimate of drug-likeness (QED) is 0.895. The second kappa shape index (κ2) is 6.22. The molecule has 0 radical (unpaired) electrons. The van der Waals surface area contributed by atoms with Crippen molar-refractivity contribution >= 4 is 22.9 Å². The number of fused-ring (bicyclic) bond motifs is 1. The van der Waals surface area contributed by atoms with E-state index < -0.39 is 11.5 Å². The fraction of sp³-hybridized carbons (Fsp3) is 0.529. The number of aryl methyl sites for hydroxylation is 1. The van der Waals surface area contributed by atoms with E-state index in [1.807, 2.05) is 0 Å². The normalized spacial score (nSPS) is 24.0. The van der Waals surface area contributed by atoms with E-state index in [0.29, 0.717) is 29.8 Å². The van der Waals surface area contributed by atoms with Gasteiger partial charge in [-0.2, -0.15) is 0 Å². The van der Waals surface area contributed by atoms with Crippen LogP contribution in [0.4, 0.5) is 0 Å². The molecule has 1 fully saturated rings. The monoisotopic (exact) mass is 330 g/mol. The predicted molar refractivity (Wildman–Crippen MR) is 88.6 cm³/mol. The minimum atomic E-state index is -1.17. The zero-order chi connectivity index (χ0) is 17.3. The van der Waals surface area contributed by atoms with Gasteiger partial charge in [-0.25, -0.2) is 9.48 Å². The summed E-state index contributed by atoms with van der Waals surface area (Å²) in [7, 11) is 1.78. The first-order chi connectivity index (χ1) is 11.4. The molecule has 2 N–H and O–H groups in total. The van der Waals surface area contributed by atoms with E-state index in [9.17, 15) is 14.7 Å². The van der Waals surface area contributed by atoms with Crippen LogP contribution in [0.1, 0.15) is 49.4 Å². The maximum Gasteiger partial charge on any atom is 0.329 e. The smallest absolute Gasteiger partial charge is 0.329 e. The molecule has 0 bridgehead atoms. The van der Waals surface area contributed by atoms with Gasteiger partial charge in [0.1, 0.15) is 11.1 Å². The Hall–Kier alpha value is -2.44. The van der Waals surface area contributed by atoms with E-state index in [4.69, 9.17) is 0 Å². The summed E-state index contributed by atoms with van der Waals surface area (Å²) < 4.78 is 1.63. The van der Waals surface area contributed by atoms with Gasteiger partial charge in [0.15, 0.2) is 0 Å². The number of hydrogen-bond donors (Lipinski definition) is 2. The van der Waals surface area contributed by atoms with Crippen LogP contribution in [0, 0.1) is 5.92 Å². The second-order valence-corrected chi connectivity index (χ2v) is 6.61. The molecule has 1 aromatic heterocycles. The molecule has 1 aliphatic rings. The molecule has 1 saturated carbocycles. The highest BCUT2D eigenvalue weighted by Crippen LogP contribution is 2.34. The minimum Gasteiger partial charge on any atom is -0.480 e. The van der Waals surface area contributed by atoms with E-state index in [1.54, 1.807) is 29.9 Å². The summed E-state index contributed by atoms with van der Waals surface area (Å²) in [5.41, 5.74) is 0.675. The Labute approximate surface area is 140 Å². The van der Waals surface area contributed by atoms with E-state index in [1.165, 1.54) is 0 Å². The number of aromatic nitrogens is 3. The van der Waals surface area contributed by atoms with Crippen LogP contribution in [0.25, 0.3) is 11.0 Å². The zero-order valence-corrected chi connectivity index (χ0v) is 14.0. The van der Waals surface area contributed by atoms with Crippen LogP contribution in [0.3, 0.4) is 0 Å². The zero-order valence-electron chi connectivity index (χ0n) is 14.0. The van der Waals surface area contributed by atoms with Gasteiger partial charge < -0.3 is 10.4 Å². The summed E-state index contributed by atoms with van der Waals surface area (Å²) in [5.74, 6) is -0.781. The Morgan fingerprint density at radius 3 is 2.71 bits per heavy atom. The van der Waals surface area contributed by atoms with Crippen LogP contribution in [0.2, 0.25) is 0 Å². The number of aliphatic carboxylic acids is 1. The number of hydrogen-bond acceptors (Lipinski definition) is 4. The van der Waals surface area contributed by atoms with Gasteiger partial charge in [-0.3, -0.25) is 4.79 Å². The van der Waals surface area contributed by atoms with E-state index >= 15 is 0 Å². The molecular formula is C17H22N4O3. The molecule has 1 amide bonds. The molecule has 2 aromatic rings.